The van der Waals surface area contributed by atoms with E-state index in [9.17, 15) is 18.8 Å². The number of hydrogen-bond acceptors (Lipinski definition) is 6. The van der Waals surface area contributed by atoms with Crippen molar-refractivity contribution in [2.45, 2.75) is 19.0 Å². The molecule has 0 aliphatic carbocycles. The summed E-state index contributed by atoms with van der Waals surface area (Å²) >= 11 is 0. The first-order valence-corrected chi connectivity index (χ1v) is 11.4. The number of imide groups is 1. The van der Waals surface area contributed by atoms with Crippen LogP contribution in [0, 0.1) is 5.82 Å². The second kappa shape index (κ2) is 11.0. The minimum absolute atomic E-state index is 0.0102. The quantitative estimate of drug-likeness (QED) is 0.436. The lowest BCUT2D eigenvalue weighted by atomic mass is 10.1. The SMILES string of the molecule is COc1cc(NC(=O)C[C@H]2C(=O)N(c3cccc(OC)c3)C(=O)N2Cc2ccc(F)cc2)cc(OC)c1. The number of anilines is 2. The van der Waals surface area contributed by atoms with Gasteiger partial charge in [0.2, 0.25) is 5.91 Å². The van der Waals surface area contributed by atoms with E-state index in [0.29, 0.717) is 34.2 Å². The highest BCUT2D eigenvalue weighted by Gasteiger charge is 2.46. The van der Waals surface area contributed by atoms with Gasteiger partial charge < -0.3 is 24.4 Å². The molecule has 0 unspecified atom stereocenters. The van der Waals surface area contributed by atoms with E-state index in [2.05, 4.69) is 5.32 Å². The fourth-order valence-corrected chi connectivity index (χ4v) is 4.05. The Morgan fingerprint density at radius 2 is 1.54 bits per heavy atom. The van der Waals surface area contributed by atoms with E-state index in [-0.39, 0.29) is 13.0 Å². The Labute approximate surface area is 213 Å². The van der Waals surface area contributed by atoms with Gasteiger partial charge in [-0.1, -0.05) is 18.2 Å². The van der Waals surface area contributed by atoms with Crippen molar-refractivity contribution in [3.63, 3.8) is 0 Å². The molecule has 37 heavy (non-hydrogen) atoms. The average molecular weight is 508 g/mol. The molecule has 1 saturated heterocycles. The number of nitrogens with one attached hydrogen (secondary N) is 1. The van der Waals surface area contributed by atoms with Crippen LogP contribution in [0.15, 0.2) is 66.7 Å². The van der Waals surface area contributed by atoms with Gasteiger partial charge in [-0.15, -0.1) is 0 Å². The van der Waals surface area contributed by atoms with Gasteiger partial charge in [0.05, 0.1) is 33.4 Å². The molecular formula is C27H26FN3O6. The number of amides is 4. The van der Waals surface area contributed by atoms with Crippen molar-refractivity contribution in [1.82, 2.24) is 4.90 Å². The topological polar surface area (TPSA) is 97.4 Å². The molecule has 0 radical (unpaired) electrons. The van der Waals surface area contributed by atoms with Crippen LogP contribution >= 0.6 is 0 Å². The Hall–Kier alpha value is -4.60. The zero-order chi connectivity index (χ0) is 26.5. The first-order valence-electron chi connectivity index (χ1n) is 11.4. The van der Waals surface area contributed by atoms with Crippen LogP contribution in [0.4, 0.5) is 20.6 Å². The van der Waals surface area contributed by atoms with Crippen molar-refractivity contribution < 1.29 is 33.0 Å². The smallest absolute Gasteiger partial charge is 0.332 e. The van der Waals surface area contributed by atoms with Crippen LogP contribution in [0.25, 0.3) is 0 Å². The van der Waals surface area contributed by atoms with Gasteiger partial charge in [0.15, 0.2) is 0 Å². The van der Waals surface area contributed by atoms with Crippen LogP contribution in [0.1, 0.15) is 12.0 Å². The second-order valence-electron chi connectivity index (χ2n) is 8.28. The summed E-state index contributed by atoms with van der Waals surface area (Å²) in [5, 5.41) is 2.74. The Balaban J connectivity index is 1.61. The molecule has 10 heteroatoms. The minimum Gasteiger partial charge on any atom is -0.497 e. The van der Waals surface area contributed by atoms with E-state index in [0.717, 1.165) is 4.90 Å². The number of hydrogen-bond donors (Lipinski definition) is 1. The maximum atomic E-state index is 13.5. The van der Waals surface area contributed by atoms with Gasteiger partial charge in [-0.3, -0.25) is 9.59 Å². The van der Waals surface area contributed by atoms with E-state index in [1.54, 1.807) is 42.5 Å². The predicted octanol–water partition coefficient (Wildman–Crippen LogP) is 4.22. The maximum Gasteiger partial charge on any atom is 0.332 e. The highest BCUT2D eigenvalue weighted by molar-refractivity contribution is 6.22. The molecule has 1 N–H and O–H groups in total. The van der Waals surface area contributed by atoms with Crippen LogP contribution < -0.4 is 24.4 Å². The van der Waals surface area contributed by atoms with E-state index in [1.807, 2.05) is 0 Å². The third-order valence-electron chi connectivity index (χ3n) is 5.91. The maximum absolute atomic E-state index is 13.5. The molecule has 0 spiro atoms. The number of benzene rings is 3. The number of nitrogens with zero attached hydrogens (tertiary/aromatic N) is 2. The van der Waals surface area contributed by atoms with Gasteiger partial charge in [0.1, 0.15) is 29.1 Å². The summed E-state index contributed by atoms with van der Waals surface area (Å²) in [7, 11) is 4.46. The molecule has 0 saturated carbocycles. The predicted molar refractivity (Wildman–Crippen MR) is 134 cm³/mol. The third kappa shape index (κ3) is 5.64. The Morgan fingerprint density at radius 3 is 2.16 bits per heavy atom. The van der Waals surface area contributed by atoms with Crippen molar-refractivity contribution in [3.05, 3.63) is 78.1 Å². The monoisotopic (exact) mass is 507 g/mol. The molecule has 1 aliphatic rings. The van der Waals surface area contributed by atoms with Crippen molar-refractivity contribution in [2.24, 2.45) is 0 Å². The first kappa shape index (κ1) is 25.5. The van der Waals surface area contributed by atoms with Gasteiger partial charge in [0, 0.05) is 36.5 Å². The molecule has 0 aromatic heterocycles. The van der Waals surface area contributed by atoms with Crippen molar-refractivity contribution in [3.8, 4) is 17.2 Å². The normalized spacial score (nSPS) is 15.1. The molecule has 1 atom stereocenters. The lowest BCUT2D eigenvalue weighted by Crippen LogP contribution is -2.37. The summed E-state index contributed by atoms with van der Waals surface area (Å²) in [6.45, 7) is 0.0102. The molecule has 3 aromatic carbocycles. The molecule has 9 nitrogen and oxygen atoms in total. The molecule has 4 rings (SSSR count). The molecule has 0 bridgehead atoms. The average Bonchev–Trinajstić information content (AvgIpc) is 3.13. The summed E-state index contributed by atoms with van der Waals surface area (Å²) in [6, 6.07) is 15.3. The Bertz CT molecular complexity index is 1290. The number of carbonyl (C=O) groups excluding carboxylic acids is 3. The first-order chi connectivity index (χ1) is 17.8. The molecule has 192 valence electrons. The van der Waals surface area contributed by atoms with Gasteiger partial charge in [-0.25, -0.2) is 14.1 Å². The van der Waals surface area contributed by atoms with Crippen LogP contribution in [0.5, 0.6) is 17.2 Å². The molecule has 1 heterocycles. The van der Waals surface area contributed by atoms with Crippen LogP contribution in [-0.4, -0.2) is 50.1 Å². The summed E-state index contributed by atoms with van der Waals surface area (Å²) in [5.74, 6) is -0.0452. The molecule has 4 amide bonds. The van der Waals surface area contributed by atoms with Gasteiger partial charge >= 0.3 is 6.03 Å². The summed E-state index contributed by atoms with van der Waals surface area (Å²) < 4.78 is 29.1. The largest absolute Gasteiger partial charge is 0.497 e. The summed E-state index contributed by atoms with van der Waals surface area (Å²) in [6.07, 6.45) is -0.300. The summed E-state index contributed by atoms with van der Waals surface area (Å²) in [4.78, 5) is 42.3. The second-order valence-corrected chi connectivity index (χ2v) is 8.28. The number of methoxy groups -OCH3 is 3. The Kier molecular flexibility index (Phi) is 7.57. The third-order valence-corrected chi connectivity index (χ3v) is 5.91. The molecule has 1 fully saturated rings. The number of rotatable bonds is 9. The molecular weight excluding hydrogens is 481 g/mol. The molecule has 3 aromatic rings. The number of halogens is 1. The van der Waals surface area contributed by atoms with Gasteiger partial charge in [-0.05, 0) is 29.8 Å². The Morgan fingerprint density at radius 1 is 0.892 bits per heavy atom. The minimum atomic E-state index is -1.09. The van der Waals surface area contributed by atoms with Gasteiger partial charge in [0.25, 0.3) is 5.91 Å². The number of urea groups is 1. The lowest BCUT2D eigenvalue weighted by molar-refractivity contribution is -0.124. The fraction of sp³-hybridized carbons (Fsp3) is 0.222. The van der Waals surface area contributed by atoms with Gasteiger partial charge in [-0.2, -0.15) is 0 Å². The fourth-order valence-electron chi connectivity index (χ4n) is 4.05. The number of carbonyl (C=O) groups is 3. The zero-order valence-electron chi connectivity index (χ0n) is 20.6. The van der Waals surface area contributed by atoms with Crippen molar-refractivity contribution >= 4 is 29.2 Å². The van der Waals surface area contributed by atoms with Crippen LogP contribution in [0.3, 0.4) is 0 Å². The highest BCUT2D eigenvalue weighted by atomic mass is 19.1. The van der Waals surface area contributed by atoms with Crippen LogP contribution in [-0.2, 0) is 16.1 Å². The highest BCUT2D eigenvalue weighted by Crippen LogP contribution is 2.31. The van der Waals surface area contributed by atoms with Crippen molar-refractivity contribution in [2.75, 3.05) is 31.5 Å². The van der Waals surface area contributed by atoms with E-state index >= 15 is 0 Å². The molecule has 1 aliphatic heterocycles. The van der Waals surface area contributed by atoms with E-state index in [4.69, 9.17) is 14.2 Å². The van der Waals surface area contributed by atoms with E-state index in [1.165, 1.54) is 50.5 Å². The zero-order valence-corrected chi connectivity index (χ0v) is 20.6. The van der Waals surface area contributed by atoms with Crippen LogP contribution in [0.2, 0.25) is 0 Å². The standard InChI is InChI=1S/C27H26FN3O6/c1-35-21-6-4-5-20(13-21)31-26(33)24(30(27(31)34)16-17-7-9-18(28)10-8-17)15-25(32)29-19-11-22(36-2)14-23(12-19)37-3/h4-14,24H,15-16H2,1-3H3,(H,29,32)/t24-/m0/s1. The number of ether oxygens (including phenoxy) is 3. The summed E-state index contributed by atoms with van der Waals surface area (Å²) in [5.41, 5.74) is 1.34. The van der Waals surface area contributed by atoms with E-state index < -0.39 is 29.7 Å². The lowest BCUT2D eigenvalue weighted by Gasteiger charge is -2.22. The van der Waals surface area contributed by atoms with Crippen molar-refractivity contribution in [1.29, 1.82) is 0 Å².